The monoisotopic (exact) mass is 231 g/mol. The smallest absolute Gasteiger partial charge is 0.152 e. The van der Waals surface area contributed by atoms with E-state index in [4.69, 9.17) is 12.2 Å². The van der Waals surface area contributed by atoms with E-state index in [0.717, 1.165) is 10.5 Å². The van der Waals surface area contributed by atoms with Crippen LogP contribution in [0.1, 0.15) is 30.0 Å². The maximum atomic E-state index is 5.34. The van der Waals surface area contributed by atoms with Gasteiger partial charge in [-0.25, -0.2) is 9.67 Å². The van der Waals surface area contributed by atoms with Crippen LogP contribution in [0.4, 0.5) is 0 Å². The zero-order valence-electron chi connectivity index (χ0n) is 9.10. The molecule has 82 valence electrons. The van der Waals surface area contributed by atoms with Crippen molar-refractivity contribution >= 4 is 12.2 Å². The molecule has 2 aromatic rings. The van der Waals surface area contributed by atoms with Crippen LogP contribution in [-0.4, -0.2) is 14.8 Å². The van der Waals surface area contributed by atoms with Gasteiger partial charge in [0.1, 0.15) is 4.64 Å². The van der Waals surface area contributed by atoms with Crippen molar-refractivity contribution in [1.82, 2.24) is 14.8 Å². The molecule has 1 fully saturated rings. The first-order valence-electron chi connectivity index (χ1n) is 5.49. The van der Waals surface area contributed by atoms with Crippen molar-refractivity contribution in [3.63, 3.8) is 0 Å². The molecule has 0 amide bonds. The third-order valence-electron chi connectivity index (χ3n) is 2.89. The Morgan fingerprint density at radius 2 is 2.25 bits per heavy atom. The maximum Gasteiger partial charge on any atom is 0.152 e. The van der Waals surface area contributed by atoms with Gasteiger partial charge in [-0.05, 0) is 43.5 Å². The highest BCUT2D eigenvalue weighted by Gasteiger charge is 2.25. The number of H-pyrrole nitrogens is 1. The fraction of sp³-hybridized carbons (Fsp3) is 0.333. The van der Waals surface area contributed by atoms with Gasteiger partial charge < -0.3 is 0 Å². The van der Waals surface area contributed by atoms with Gasteiger partial charge in [-0.2, -0.15) is 0 Å². The lowest BCUT2D eigenvalue weighted by molar-refractivity contribution is 0.804. The number of aromatic amines is 1. The Kier molecular flexibility index (Phi) is 2.17. The molecule has 4 heteroatoms. The predicted octanol–water partition coefficient (Wildman–Crippen LogP) is 3.12. The van der Waals surface area contributed by atoms with E-state index in [2.05, 4.69) is 23.1 Å². The average Bonchev–Trinajstić information content (AvgIpc) is 3.02. The summed E-state index contributed by atoms with van der Waals surface area (Å²) in [5.41, 5.74) is 2.43. The predicted molar refractivity (Wildman–Crippen MR) is 65.5 cm³/mol. The largest absolute Gasteiger partial charge is 0.295 e. The average molecular weight is 231 g/mol. The van der Waals surface area contributed by atoms with E-state index in [1.807, 2.05) is 23.0 Å². The Morgan fingerprint density at radius 3 is 2.94 bits per heavy atom. The van der Waals surface area contributed by atoms with Crippen molar-refractivity contribution in [3.8, 4) is 5.82 Å². The van der Waals surface area contributed by atoms with Crippen molar-refractivity contribution in [1.29, 1.82) is 0 Å². The molecule has 3 rings (SSSR count). The highest BCUT2D eigenvalue weighted by molar-refractivity contribution is 7.71. The van der Waals surface area contributed by atoms with Crippen LogP contribution in [0.25, 0.3) is 5.82 Å². The molecular formula is C12H13N3S. The summed E-state index contributed by atoms with van der Waals surface area (Å²) in [7, 11) is 0. The Morgan fingerprint density at radius 1 is 1.44 bits per heavy atom. The molecule has 0 aliphatic heterocycles. The zero-order chi connectivity index (χ0) is 11.1. The summed E-state index contributed by atoms with van der Waals surface area (Å²) >= 11 is 5.34. The molecule has 0 aromatic carbocycles. The van der Waals surface area contributed by atoms with Gasteiger partial charge in [0, 0.05) is 17.8 Å². The number of aryl methyl sites for hydroxylation is 1. The van der Waals surface area contributed by atoms with E-state index >= 15 is 0 Å². The minimum absolute atomic E-state index is 0.688. The van der Waals surface area contributed by atoms with Crippen molar-refractivity contribution in [2.45, 2.75) is 25.7 Å². The van der Waals surface area contributed by atoms with Gasteiger partial charge in [0.2, 0.25) is 0 Å². The van der Waals surface area contributed by atoms with Crippen LogP contribution in [0.5, 0.6) is 0 Å². The first kappa shape index (κ1) is 9.78. The topological polar surface area (TPSA) is 33.6 Å². The fourth-order valence-corrected chi connectivity index (χ4v) is 2.10. The molecule has 0 bridgehead atoms. The number of hydrogen-bond donors (Lipinski definition) is 1. The number of nitrogens with one attached hydrogen (secondary N) is 1. The summed E-state index contributed by atoms with van der Waals surface area (Å²) in [5, 5.41) is 3.34. The maximum absolute atomic E-state index is 5.34. The first-order chi connectivity index (χ1) is 7.74. The van der Waals surface area contributed by atoms with E-state index in [1.54, 1.807) is 0 Å². The van der Waals surface area contributed by atoms with E-state index in [-0.39, 0.29) is 0 Å². The molecule has 2 heterocycles. The molecular weight excluding hydrogens is 218 g/mol. The standard InChI is InChI=1S/C12H13N3S/c1-8-4-5-13-11(6-8)15-12(16)7-10(14-15)9-2-3-9/h4-7,9,14H,2-3H2,1H3. The second kappa shape index (κ2) is 3.56. The number of rotatable bonds is 2. The van der Waals surface area contributed by atoms with E-state index in [9.17, 15) is 0 Å². The van der Waals surface area contributed by atoms with Crippen LogP contribution in [0, 0.1) is 11.6 Å². The second-order valence-corrected chi connectivity index (χ2v) is 4.77. The summed E-state index contributed by atoms with van der Waals surface area (Å²) in [6.07, 6.45) is 4.36. The van der Waals surface area contributed by atoms with Crippen molar-refractivity contribution in [2.75, 3.05) is 0 Å². The van der Waals surface area contributed by atoms with Gasteiger partial charge in [0.25, 0.3) is 0 Å². The normalized spacial score (nSPS) is 15.3. The molecule has 0 atom stereocenters. The molecule has 0 spiro atoms. The third-order valence-corrected chi connectivity index (χ3v) is 3.19. The molecule has 16 heavy (non-hydrogen) atoms. The molecule has 1 N–H and O–H groups in total. The quantitative estimate of drug-likeness (QED) is 0.806. The molecule has 3 nitrogen and oxygen atoms in total. The van der Waals surface area contributed by atoms with Gasteiger partial charge in [-0.1, -0.05) is 12.2 Å². The van der Waals surface area contributed by atoms with Crippen LogP contribution < -0.4 is 0 Å². The van der Waals surface area contributed by atoms with Crippen molar-refractivity contribution in [2.24, 2.45) is 0 Å². The minimum Gasteiger partial charge on any atom is -0.295 e. The number of hydrogen-bond acceptors (Lipinski definition) is 2. The van der Waals surface area contributed by atoms with Gasteiger partial charge in [0.05, 0.1) is 0 Å². The molecule has 0 saturated heterocycles. The molecule has 1 aliphatic rings. The minimum atomic E-state index is 0.688. The Labute approximate surface area is 99.1 Å². The van der Waals surface area contributed by atoms with Gasteiger partial charge in [-0.15, -0.1) is 0 Å². The summed E-state index contributed by atoms with van der Waals surface area (Å²) in [4.78, 5) is 4.33. The first-order valence-corrected chi connectivity index (χ1v) is 5.90. The summed E-state index contributed by atoms with van der Waals surface area (Å²) in [5.74, 6) is 1.56. The highest BCUT2D eigenvalue weighted by atomic mass is 32.1. The highest BCUT2D eigenvalue weighted by Crippen LogP contribution is 2.39. The lowest BCUT2D eigenvalue weighted by Crippen LogP contribution is -2.00. The Balaban J connectivity index is 2.08. The Hall–Kier alpha value is -1.42. The third kappa shape index (κ3) is 1.69. The fourth-order valence-electron chi connectivity index (χ4n) is 1.83. The molecule has 0 unspecified atom stereocenters. The summed E-state index contributed by atoms with van der Waals surface area (Å²) in [6.45, 7) is 2.06. The second-order valence-electron chi connectivity index (χ2n) is 4.35. The van der Waals surface area contributed by atoms with Crippen LogP contribution >= 0.6 is 12.2 Å². The van der Waals surface area contributed by atoms with E-state index in [0.29, 0.717) is 5.92 Å². The number of pyridine rings is 1. The zero-order valence-corrected chi connectivity index (χ0v) is 9.92. The molecule has 2 aromatic heterocycles. The van der Waals surface area contributed by atoms with E-state index in [1.165, 1.54) is 24.1 Å². The number of aromatic nitrogens is 3. The molecule has 1 saturated carbocycles. The SMILES string of the molecule is Cc1ccnc(-n2[nH]c(C3CC3)cc2=S)c1. The van der Waals surface area contributed by atoms with Crippen LogP contribution in [0.3, 0.4) is 0 Å². The van der Waals surface area contributed by atoms with Crippen molar-refractivity contribution < 1.29 is 0 Å². The lowest BCUT2D eigenvalue weighted by atomic mass is 10.3. The van der Waals surface area contributed by atoms with E-state index < -0.39 is 0 Å². The summed E-state index contributed by atoms with van der Waals surface area (Å²) < 4.78 is 2.69. The van der Waals surface area contributed by atoms with Crippen LogP contribution in [0.2, 0.25) is 0 Å². The summed E-state index contributed by atoms with van der Waals surface area (Å²) in [6, 6.07) is 6.07. The number of nitrogens with zero attached hydrogens (tertiary/aromatic N) is 2. The Bertz CT molecular complexity index is 578. The molecule has 0 radical (unpaired) electrons. The van der Waals surface area contributed by atoms with Crippen molar-refractivity contribution in [3.05, 3.63) is 40.3 Å². The van der Waals surface area contributed by atoms with Crippen LogP contribution in [-0.2, 0) is 0 Å². The van der Waals surface area contributed by atoms with Gasteiger partial charge in [-0.3, -0.25) is 5.10 Å². The lowest BCUT2D eigenvalue weighted by Gasteiger charge is -2.02. The van der Waals surface area contributed by atoms with Gasteiger partial charge >= 0.3 is 0 Å². The van der Waals surface area contributed by atoms with Gasteiger partial charge in [0.15, 0.2) is 5.82 Å². The molecule has 1 aliphatic carbocycles. The van der Waals surface area contributed by atoms with Crippen LogP contribution in [0.15, 0.2) is 24.4 Å².